The van der Waals surface area contributed by atoms with Crippen molar-refractivity contribution >= 4 is 18.5 Å². The Labute approximate surface area is 87.3 Å². The third-order valence-electron chi connectivity index (χ3n) is 1.93. The van der Waals surface area contributed by atoms with Gasteiger partial charge in [0.2, 0.25) is 11.1 Å². The largest absolute Gasteiger partial charge is 0.368 e. The Morgan fingerprint density at radius 3 is 2.86 bits per heavy atom. The lowest BCUT2D eigenvalue weighted by atomic mass is 10.1. The lowest BCUT2D eigenvalue weighted by Gasteiger charge is -2.12. The molecule has 0 aliphatic carbocycles. The molecule has 0 radical (unpaired) electrons. The predicted octanol–water partition coefficient (Wildman–Crippen LogP) is 0.178. The van der Waals surface area contributed by atoms with Gasteiger partial charge in [-0.25, -0.2) is 4.68 Å². The average Bonchev–Trinajstić information content (AvgIpc) is 2.52. The van der Waals surface area contributed by atoms with Crippen LogP contribution in [0.1, 0.15) is 32.2 Å². The molecular formula is C7H13N5OS. The van der Waals surface area contributed by atoms with Gasteiger partial charge in [0.1, 0.15) is 6.04 Å². The summed E-state index contributed by atoms with van der Waals surface area (Å²) in [6.45, 7) is 2.04. The summed E-state index contributed by atoms with van der Waals surface area (Å²) in [5, 5.41) is 11.0. The van der Waals surface area contributed by atoms with Crippen molar-refractivity contribution in [3.8, 4) is 0 Å². The van der Waals surface area contributed by atoms with E-state index in [2.05, 4.69) is 28.2 Å². The van der Waals surface area contributed by atoms with Crippen LogP contribution in [-0.2, 0) is 4.79 Å². The first kappa shape index (κ1) is 11.0. The Bertz CT molecular complexity index is 313. The van der Waals surface area contributed by atoms with Crippen molar-refractivity contribution in [3.63, 3.8) is 0 Å². The van der Waals surface area contributed by atoms with E-state index in [1.807, 2.05) is 6.92 Å². The highest BCUT2D eigenvalue weighted by Crippen LogP contribution is 2.15. The number of hydrogen-bond acceptors (Lipinski definition) is 5. The van der Waals surface area contributed by atoms with Gasteiger partial charge < -0.3 is 5.73 Å². The minimum Gasteiger partial charge on any atom is -0.368 e. The van der Waals surface area contributed by atoms with Crippen molar-refractivity contribution in [2.24, 2.45) is 5.73 Å². The molecule has 1 rings (SSSR count). The number of primary amides is 1. The number of amides is 1. The van der Waals surface area contributed by atoms with Gasteiger partial charge in [-0.2, -0.15) is 0 Å². The van der Waals surface area contributed by atoms with Crippen molar-refractivity contribution in [2.45, 2.75) is 37.4 Å². The average molecular weight is 215 g/mol. The molecule has 0 bridgehead atoms. The highest BCUT2D eigenvalue weighted by molar-refractivity contribution is 7.80. The Balaban J connectivity index is 2.78. The molecular weight excluding hydrogens is 202 g/mol. The molecule has 1 amide bonds. The number of nitrogens with two attached hydrogens (primary N) is 1. The van der Waals surface area contributed by atoms with Crippen molar-refractivity contribution in [1.29, 1.82) is 0 Å². The van der Waals surface area contributed by atoms with E-state index in [1.165, 1.54) is 4.68 Å². The molecule has 6 nitrogen and oxygen atoms in total. The molecule has 7 heteroatoms. The van der Waals surface area contributed by atoms with Gasteiger partial charge >= 0.3 is 0 Å². The number of tetrazole rings is 1. The van der Waals surface area contributed by atoms with Crippen molar-refractivity contribution < 1.29 is 4.79 Å². The number of hydrogen-bond donors (Lipinski definition) is 2. The van der Waals surface area contributed by atoms with Crippen LogP contribution in [-0.4, -0.2) is 26.1 Å². The Kier molecular flexibility index (Phi) is 3.87. The van der Waals surface area contributed by atoms with Crippen LogP contribution in [0.3, 0.4) is 0 Å². The molecule has 1 atom stereocenters. The fourth-order valence-electron chi connectivity index (χ4n) is 1.17. The first-order valence-electron chi connectivity index (χ1n) is 4.43. The lowest BCUT2D eigenvalue weighted by molar-refractivity contribution is -0.121. The second kappa shape index (κ2) is 4.94. The van der Waals surface area contributed by atoms with Crippen molar-refractivity contribution in [1.82, 2.24) is 20.2 Å². The van der Waals surface area contributed by atoms with Gasteiger partial charge in [0.05, 0.1) is 0 Å². The maximum atomic E-state index is 11.1. The van der Waals surface area contributed by atoms with Crippen LogP contribution in [0.25, 0.3) is 0 Å². The Morgan fingerprint density at radius 2 is 2.43 bits per heavy atom. The zero-order valence-corrected chi connectivity index (χ0v) is 8.81. The summed E-state index contributed by atoms with van der Waals surface area (Å²) in [6.07, 6.45) is 2.54. The maximum absolute atomic E-state index is 11.1. The third-order valence-corrected chi connectivity index (χ3v) is 2.22. The molecule has 1 aromatic rings. The van der Waals surface area contributed by atoms with Gasteiger partial charge in [-0.1, -0.05) is 19.8 Å². The lowest BCUT2D eigenvalue weighted by Crippen LogP contribution is -2.27. The second-order valence-corrected chi connectivity index (χ2v) is 3.38. The normalized spacial score (nSPS) is 12.7. The number of rotatable bonds is 5. The minimum atomic E-state index is -0.488. The summed E-state index contributed by atoms with van der Waals surface area (Å²) >= 11 is 4.02. The molecule has 0 spiro atoms. The van der Waals surface area contributed by atoms with E-state index in [1.54, 1.807) is 0 Å². The fourth-order valence-corrected chi connectivity index (χ4v) is 1.39. The molecule has 1 unspecified atom stereocenters. The Morgan fingerprint density at radius 1 is 1.71 bits per heavy atom. The molecule has 78 valence electrons. The third kappa shape index (κ3) is 2.44. The number of nitrogens with zero attached hydrogens (tertiary/aromatic N) is 4. The summed E-state index contributed by atoms with van der Waals surface area (Å²) in [4.78, 5) is 11.1. The molecule has 0 aromatic carbocycles. The first-order chi connectivity index (χ1) is 6.66. The van der Waals surface area contributed by atoms with Crippen LogP contribution in [0.2, 0.25) is 0 Å². The van der Waals surface area contributed by atoms with E-state index in [0.717, 1.165) is 12.8 Å². The monoisotopic (exact) mass is 215 g/mol. The summed E-state index contributed by atoms with van der Waals surface area (Å²) in [5.74, 6) is -0.430. The SMILES string of the molecule is CCCCC(C(N)=O)n1nnnc1S. The van der Waals surface area contributed by atoms with Gasteiger partial charge in [0, 0.05) is 0 Å². The summed E-state index contributed by atoms with van der Waals surface area (Å²) < 4.78 is 1.35. The molecule has 14 heavy (non-hydrogen) atoms. The highest BCUT2D eigenvalue weighted by Gasteiger charge is 2.20. The van der Waals surface area contributed by atoms with E-state index in [4.69, 9.17) is 5.73 Å². The zero-order valence-electron chi connectivity index (χ0n) is 7.92. The van der Waals surface area contributed by atoms with Crippen molar-refractivity contribution in [2.75, 3.05) is 0 Å². The van der Waals surface area contributed by atoms with Gasteiger partial charge in [-0.15, -0.1) is 17.7 Å². The van der Waals surface area contributed by atoms with Crippen LogP contribution in [0.15, 0.2) is 5.16 Å². The summed E-state index contributed by atoms with van der Waals surface area (Å²) in [5.41, 5.74) is 5.25. The summed E-state index contributed by atoms with van der Waals surface area (Å²) in [7, 11) is 0. The number of thiol groups is 1. The first-order valence-corrected chi connectivity index (χ1v) is 4.87. The van der Waals surface area contributed by atoms with Crippen LogP contribution in [0, 0.1) is 0 Å². The van der Waals surface area contributed by atoms with E-state index >= 15 is 0 Å². The van der Waals surface area contributed by atoms with E-state index in [0.29, 0.717) is 11.6 Å². The number of carbonyl (C=O) groups is 1. The molecule has 1 aromatic heterocycles. The highest BCUT2D eigenvalue weighted by atomic mass is 32.1. The topological polar surface area (TPSA) is 86.7 Å². The molecule has 2 N–H and O–H groups in total. The van der Waals surface area contributed by atoms with E-state index < -0.39 is 11.9 Å². The summed E-state index contributed by atoms with van der Waals surface area (Å²) in [6, 6.07) is -0.488. The van der Waals surface area contributed by atoms with E-state index in [9.17, 15) is 4.79 Å². The van der Waals surface area contributed by atoms with E-state index in [-0.39, 0.29) is 0 Å². The van der Waals surface area contributed by atoms with Crippen LogP contribution >= 0.6 is 12.6 Å². The Hall–Kier alpha value is -1.11. The second-order valence-electron chi connectivity index (χ2n) is 2.98. The molecule has 1 heterocycles. The van der Waals surface area contributed by atoms with Crippen molar-refractivity contribution in [3.05, 3.63) is 0 Å². The number of carbonyl (C=O) groups excluding carboxylic acids is 1. The van der Waals surface area contributed by atoms with Gasteiger partial charge in [-0.3, -0.25) is 4.79 Å². The molecule has 0 saturated heterocycles. The molecule has 0 saturated carbocycles. The minimum absolute atomic E-state index is 0.310. The number of aromatic nitrogens is 4. The standard InChI is InChI=1S/C7H13N5OS/c1-2-3-4-5(6(8)13)12-7(14)9-10-11-12/h5H,2-4H2,1H3,(H2,8,13)(H,9,11,14). The maximum Gasteiger partial charge on any atom is 0.242 e. The molecule has 0 fully saturated rings. The quantitative estimate of drug-likeness (QED) is 0.686. The molecule has 0 aliphatic heterocycles. The smallest absolute Gasteiger partial charge is 0.242 e. The zero-order chi connectivity index (χ0) is 10.6. The molecule has 0 aliphatic rings. The fraction of sp³-hybridized carbons (Fsp3) is 0.714. The van der Waals surface area contributed by atoms with Crippen LogP contribution in [0.4, 0.5) is 0 Å². The van der Waals surface area contributed by atoms with Crippen LogP contribution in [0.5, 0.6) is 0 Å². The van der Waals surface area contributed by atoms with Crippen LogP contribution < -0.4 is 5.73 Å². The number of unbranched alkanes of at least 4 members (excludes halogenated alkanes) is 1. The van der Waals surface area contributed by atoms with Gasteiger partial charge in [0.15, 0.2) is 0 Å². The predicted molar refractivity (Wildman–Crippen MR) is 52.8 cm³/mol. The van der Waals surface area contributed by atoms with Gasteiger partial charge in [-0.05, 0) is 16.8 Å². The van der Waals surface area contributed by atoms with Gasteiger partial charge in [0.25, 0.3) is 0 Å².